The first kappa shape index (κ1) is 15.5. The average Bonchev–Trinajstić information content (AvgIpc) is 3.00. The van der Waals surface area contributed by atoms with E-state index in [9.17, 15) is 0 Å². The highest BCUT2D eigenvalue weighted by molar-refractivity contribution is 5.25. The second kappa shape index (κ2) is 8.43. The molecule has 1 aromatic carbocycles. The van der Waals surface area contributed by atoms with Gasteiger partial charge in [0.15, 0.2) is 0 Å². The number of nitrogens with one attached hydrogen (secondary N) is 1. The van der Waals surface area contributed by atoms with Crippen LogP contribution in [0.3, 0.4) is 0 Å². The lowest BCUT2D eigenvalue weighted by Gasteiger charge is -2.19. The van der Waals surface area contributed by atoms with Crippen molar-refractivity contribution in [2.45, 2.75) is 64.0 Å². The quantitative estimate of drug-likeness (QED) is 0.766. The van der Waals surface area contributed by atoms with Gasteiger partial charge < -0.3 is 10.1 Å². The van der Waals surface area contributed by atoms with Gasteiger partial charge >= 0.3 is 0 Å². The van der Waals surface area contributed by atoms with Crippen LogP contribution in [0.4, 0.5) is 0 Å². The largest absolute Gasteiger partial charge is 0.378 e. The fourth-order valence-electron chi connectivity index (χ4n) is 3.00. The van der Waals surface area contributed by atoms with Crippen molar-refractivity contribution >= 4 is 0 Å². The average molecular weight is 275 g/mol. The van der Waals surface area contributed by atoms with Gasteiger partial charge in [0, 0.05) is 12.6 Å². The maximum atomic E-state index is 5.72. The number of unbranched alkanes of at least 4 members (excludes halogenated alkanes) is 1. The van der Waals surface area contributed by atoms with Crippen LogP contribution in [0.2, 0.25) is 0 Å². The molecule has 1 fully saturated rings. The van der Waals surface area contributed by atoms with Crippen LogP contribution in [-0.2, 0) is 11.2 Å². The molecule has 1 N–H and O–H groups in total. The van der Waals surface area contributed by atoms with E-state index in [-0.39, 0.29) is 0 Å². The Kier molecular flexibility index (Phi) is 6.55. The third-order valence-electron chi connectivity index (χ3n) is 4.35. The van der Waals surface area contributed by atoms with Gasteiger partial charge in [0.2, 0.25) is 0 Å². The van der Waals surface area contributed by atoms with E-state index in [1.165, 1.54) is 49.7 Å². The zero-order valence-corrected chi connectivity index (χ0v) is 13.0. The summed E-state index contributed by atoms with van der Waals surface area (Å²) in [5.41, 5.74) is 2.87. The summed E-state index contributed by atoms with van der Waals surface area (Å²) in [7, 11) is 2.06. The molecule has 20 heavy (non-hydrogen) atoms. The van der Waals surface area contributed by atoms with Gasteiger partial charge in [-0.1, -0.05) is 37.6 Å². The van der Waals surface area contributed by atoms with Gasteiger partial charge in [0.25, 0.3) is 0 Å². The Morgan fingerprint density at radius 3 is 2.70 bits per heavy atom. The molecule has 0 aromatic heterocycles. The highest BCUT2D eigenvalue weighted by atomic mass is 16.5. The SMILES string of the molecule is CCCCc1ccc(C(CCC2CCCO2)NC)cc1. The van der Waals surface area contributed by atoms with Crippen LogP contribution < -0.4 is 5.32 Å². The molecule has 2 atom stereocenters. The Morgan fingerprint density at radius 1 is 1.30 bits per heavy atom. The van der Waals surface area contributed by atoms with Crippen LogP contribution in [0.15, 0.2) is 24.3 Å². The second-order valence-electron chi connectivity index (χ2n) is 5.90. The summed E-state index contributed by atoms with van der Waals surface area (Å²) in [5, 5.41) is 3.45. The monoisotopic (exact) mass is 275 g/mol. The zero-order valence-electron chi connectivity index (χ0n) is 13.0. The predicted molar refractivity (Wildman–Crippen MR) is 85.1 cm³/mol. The minimum Gasteiger partial charge on any atom is -0.378 e. The first-order chi connectivity index (χ1) is 9.83. The predicted octanol–water partition coefficient (Wildman–Crippen LogP) is 4.25. The van der Waals surface area contributed by atoms with Crippen LogP contribution in [0.25, 0.3) is 0 Å². The van der Waals surface area contributed by atoms with Gasteiger partial charge in [-0.2, -0.15) is 0 Å². The summed E-state index contributed by atoms with van der Waals surface area (Å²) < 4.78 is 5.72. The lowest BCUT2D eigenvalue weighted by Crippen LogP contribution is -2.18. The van der Waals surface area contributed by atoms with Gasteiger partial charge in [-0.15, -0.1) is 0 Å². The zero-order chi connectivity index (χ0) is 14.2. The highest BCUT2D eigenvalue weighted by Gasteiger charge is 2.18. The van der Waals surface area contributed by atoms with Crippen molar-refractivity contribution in [2.75, 3.05) is 13.7 Å². The normalized spacial score (nSPS) is 20.2. The molecular weight excluding hydrogens is 246 g/mol. The molecule has 0 saturated carbocycles. The number of rotatable bonds is 8. The maximum absolute atomic E-state index is 5.72. The van der Waals surface area contributed by atoms with Gasteiger partial charge in [-0.25, -0.2) is 0 Å². The molecule has 1 aliphatic heterocycles. The molecule has 0 spiro atoms. The lowest BCUT2D eigenvalue weighted by molar-refractivity contribution is 0.0998. The van der Waals surface area contributed by atoms with Crippen molar-refractivity contribution in [3.8, 4) is 0 Å². The third kappa shape index (κ3) is 4.60. The standard InChI is InChI=1S/C18H29NO/c1-3-4-6-15-8-10-16(11-9-15)18(19-2)13-12-17-7-5-14-20-17/h8-11,17-19H,3-7,12-14H2,1-2H3. The van der Waals surface area contributed by atoms with E-state index in [0.717, 1.165) is 13.0 Å². The molecular formula is C18H29NO. The Morgan fingerprint density at radius 2 is 2.10 bits per heavy atom. The van der Waals surface area contributed by atoms with E-state index in [4.69, 9.17) is 4.74 Å². The lowest BCUT2D eigenvalue weighted by atomic mass is 9.97. The topological polar surface area (TPSA) is 21.3 Å². The molecule has 1 aliphatic rings. The minimum absolute atomic E-state index is 0.458. The van der Waals surface area contributed by atoms with Crippen molar-refractivity contribution in [1.82, 2.24) is 5.32 Å². The molecule has 1 aromatic rings. The van der Waals surface area contributed by atoms with Gasteiger partial charge in [-0.3, -0.25) is 0 Å². The molecule has 2 rings (SSSR count). The fraction of sp³-hybridized carbons (Fsp3) is 0.667. The van der Waals surface area contributed by atoms with E-state index >= 15 is 0 Å². The van der Waals surface area contributed by atoms with Crippen molar-refractivity contribution in [3.05, 3.63) is 35.4 Å². The third-order valence-corrected chi connectivity index (χ3v) is 4.35. The van der Waals surface area contributed by atoms with E-state index in [1.54, 1.807) is 0 Å². The molecule has 1 saturated heterocycles. The van der Waals surface area contributed by atoms with Crippen molar-refractivity contribution < 1.29 is 4.74 Å². The summed E-state index contributed by atoms with van der Waals surface area (Å²) in [4.78, 5) is 0. The number of hydrogen-bond donors (Lipinski definition) is 1. The Balaban J connectivity index is 1.85. The molecule has 0 radical (unpaired) electrons. The van der Waals surface area contributed by atoms with Crippen molar-refractivity contribution in [2.24, 2.45) is 0 Å². The molecule has 0 bridgehead atoms. The van der Waals surface area contributed by atoms with Gasteiger partial charge in [0.1, 0.15) is 0 Å². The van der Waals surface area contributed by atoms with E-state index in [0.29, 0.717) is 12.1 Å². The summed E-state index contributed by atoms with van der Waals surface area (Å²) in [5.74, 6) is 0. The maximum Gasteiger partial charge on any atom is 0.0576 e. The molecule has 112 valence electrons. The summed E-state index contributed by atoms with van der Waals surface area (Å²) in [6, 6.07) is 9.63. The van der Waals surface area contributed by atoms with Crippen LogP contribution in [0, 0.1) is 0 Å². The van der Waals surface area contributed by atoms with E-state index < -0.39 is 0 Å². The van der Waals surface area contributed by atoms with Crippen LogP contribution in [0.1, 0.15) is 62.6 Å². The minimum atomic E-state index is 0.458. The molecule has 2 nitrogen and oxygen atoms in total. The molecule has 1 heterocycles. The number of ether oxygens (including phenoxy) is 1. The van der Waals surface area contributed by atoms with E-state index in [1.807, 2.05) is 0 Å². The number of hydrogen-bond acceptors (Lipinski definition) is 2. The van der Waals surface area contributed by atoms with Crippen LogP contribution >= 0.6 is 0 Å². The first-order valence-corrected chi connectivity index (χ1v) is 8.21. The fourth-order valence-corrected chi connectivity index (χ4v) is 3.00. The smallest absolute Gasteiger partial charge is 0.0576 e. The van der Waals surface area contributed by atoms with Gasteiger partial charge in [0.05, 0.1) is 6.10 Å². The highest BCUT2D eigenvalue weighted by Crippen LogP contribution is 2.24. The molecule has 2 unspecified atom stereocenters. The Labute approximate surface area is 123 Å². The van der Waals surface area contributed by atoms with Crippen LogP contribution in [0.5, 0.6) is 0 Å². The summed E-state index contributed by atoms with van der Waals surface area (Å²) >= 11 is 0. The number of benzene rings is 1. The van der Waals surface area contributed by atoms with E-state index in [2.05, 4.69) is 43.6 Å². The molecule has 0 amide bonds. The Bertz CT molecular complexity index is 368. The molecule has 2 heteroatoms. The number of aryl methyl sites for hydroxylation is 1. The van der Waals surface area contributed by atoms with Crippen molar-refractivity contribution in [3.63, 3.8) is 0 Å². The first-order valence-electron chi connectivity index (χ1n) is 8.21. The van der Waals surface area contributed by atoms with Crippen LogP contribution in [-0.4, -0.2) is 19.8 Å². The Hall–Kier alpha value is -0.860. The second-order valence-corrected chi connectivity index (χ2v) is 5.90. The molecule has 0 aliphatic carbocycles. The van der Waals surface area contributed by atoms with Crippen molar-refractivity contribution in [1.29, 1.82) is 0 Å². The summed E-state index contributed by atoms with van der Waals surface area (Å²) in [6.07, 6.45) is 9.06. The summed E-state index contributed by atoms with van der Waals surface area (Å²) in [6.45, 7) is 3.21. The van der Waals surface area contributed by atoms with Gasteiger partial charge in [-0.05, 0) is 56.7 Å².